The summed E-state index contributed by atoms with van der Waals surface area (Å²) in [6, 6.07) is 2.91. The van der Waals surface area contributed by atoms with Gasteiger partial charge in [0.1, 0.15) is 17.4 Å². The summed E-state index contributed by atoms with van der Waals surface area (Å²) in [5.74, 6) is -1.28. The Bertz CT molecular complexity index is 292. The highest BCUT2D eigenvalue weighted by Crippen LogP contribution is 2.15. The molecular weight excluding hydrogens is 182 g/mol. The SMILES string of the molecule is CC(=S)Oc1cc(F)cc(F)c1. The van der Waals surface area contributed by atoms with Crippen molar-refractivity contribution in [3.63, 3.8) is 0 Å². The predicted octanol–water partition coefficient (Wildman–Crippen LogP) is 2.69. The van der Waals surface area contributed by atoms with Crippen LogP contribution in [0.5, 0.6) is 5.75 Å². The van der Waals surface area contributed by atoms with Crippen molar-refractivity contribution in [2.24, 2.45) is 0 Å². The topological polar surface area (TPSA) is 9.23 Å². The fourth-order valence-electron chi connectivity index (χ4n) is 0.753. The maximum atomic E-state index is 12.5. The third kappa shape index (κ3) is 2.54. The number of ether oxygens (including phenoxy) is 1. The molecule has 1 aromatic carbocycles. The number of hydrogen-bond donors (Lipinski definition) is 0. The van der Waals surface area contributed by atoms with Gasteiger partial charge in [-0.3, -0.25) is 0 Å². The molecule has 0 atom stereocenters. The van der Waals surface area contributed by atoms with E-state index in [4.69, 9.17) is 4.74 Å². The predicted molar refractivity (Wildman–Crippen MR) is 45.3 cm³/mol. The summed E-state index contributed by atoms with van der Waals surface area (Å²) >= 11 is 4.60. The van der Waals surface area contributed by atoms with Gasteiger partial charge in [-0.15, -0.1) is 0 Å². The van der Waals surface area contributed by atoms with E-state index < -0.39 is 11.6 Å². The molecule has 0 saturated heterocycles. The summed E-state index contributed by atoms with van der Waals surface area (Å²) in [7, 11) is 0. The van der Waals surface area contributed by atoms with Crippen LogP contribution in [0.25, 0.3) is 0 Å². The third-order valence-corrected chi connectivity index (χ3v) is 1.18. The van der Waals surface area contributed by atoms with E-state index in [0.29, 0.717) is 0 Å². The molecule has 0 saturated carbocycles. The Morgan fingerprint density at radius 3 is 2.17 bits per heavy atom. The Labute approximate surface area is 74.0 Å². The molecule has 0 spiro atoms. The lowest BCUT2D eigenvalue weighted by molar-refractivity contribution is 0.527. The molecule has 0 aromatic heterocycles. The number of rotatable bonds is 1. The number of benzene rings is 1. The van der Waals surface area contributed by atoms with Gasteiger partial charge in [0.15, 0.2) is 5.05 Å². The van der Waals surface area contributed by atoms with Crippen LogP contribution in [0.3, 0.4) is 0 Å². The highest BCUT2D eigenvalue weighted by Gasteiger charge is 2.01. The zero-order valence-electron chi connectivity index (χ0n) is 6.30. The second kappa shape index (κ2) is 3.58. The third-order valence-electron chi connectivity index (χ3n) is 1.10. The molecule has 0 heterocycles. The van der Waals surface area contributed by atoms with Crippen LogP contribution in [0.15, 0.2) is 18.2 Å². The zero-order chi connectivity index (χ0) is 9.14. The van der Waals surface area contributed by atoms with E-state index in [1.165, 1.54) is 6.92 Å². The molecule has 0 unspecified atom stereocenters. The summed E-state index contributed by atoms with van der Waals surface area (Å²) in [6.07, 6.45) is 0. The minimum Gasteiger partial charge on any atom is -0.450 e. The zero-order valence-corrected chi connectivity index (χ0v) is 7.12. The molecule has 64 valence electrons. The second-order valence-corrected chi connectivity index (χ2v) is 2.77. The van der Waals surface area contributed by atoms with E-state index in [9.17, 15) is 8.78 Å². The van der Waals surface area contributed by atoms with Gasteiger partial charge in [0.2, 0.25) is 0 Å². The minimum absolute atomic E-state index is 0.0833. The largest absolute Gasteiger partial charge is 0.450 e. The van der Waals surface area contributed by atoms with E-state index in [-0.39, 0.29) is 10.8 Å². The summed E-state index contributed by atoms with van der Waals surface area (Å²) in [4.78, 5) is 0. The molecule has 0 aliphatic carbocycles. The summed E-state index contributed by atoms with van der Waals surface area (Å²) in [6.45, 7) is 1.53. The average Bonchev–Trinajstić information content (AvgIpc) is 1.81. The molecule has 1 nitrogen and oxygen atoms in total. The van der Waals surface area contributed by atoms with Gasteiger partial charge in [-0.25, -0.2) is 8.78 Å². The molecule has 1 rings (SSSR count). The van der Waals surface area contributed by atoms with Gasteiger partial charge >= 0.3 is 0 Å². The van der Waals surface area contributed by atoms with Crippen molar-refractivity contribution in [3.8, 4) is 5.75 Å². The first-order valence-electron chi connectivity index (χ1n) is 3.22. The first-order valence-corrected chi connectivity index (χ1v) is 3.63. The molecule has 0 amide bonds. The van der Waals surface area contributed by atoms with Crippen LogP contribution in [0.2, 0.25) is 0 Å². The van der Waals surface area contributed by atoms with Crippen LogP contribution < -0.4 is 4.74 Å². The average molecular weight is 188 g/mol. The van der Waals surface area contributed by atoms with Gasteiger partial charge in [0.05, 0.1) is 0 Å². The van der Waals surface area contributed by atoms with Gasteiger partial charge in [-0.1, -0.05) is 0 Å². The molecule has 12 heavy (non-hydrogen) atoms. The first-order chi connectivity index (χ1) is 5.58. The molecule has 0 N–H and O–H groups in total. The van der Waals surface area contributed by atoms with Crippen LogP contribution in [0.1, 0.15) is 6.92 Å². The first kappa shape index (κ1) is 9.06. The fourth-order valence-corrected chi connectivity index (χ4v) is 0.850. The number of halogens is 2. The van der Waals surface area contributed by atoms with Gasteiger partial charge in [-0.2, -0.15) is 0 Å². The maximum absolute atomic E-state index is 12.5. The minimum atomic E-state index is -0.679. The number of hydrogen-bond acceptors (Lipinski definition) is 2. The Hall–Kier alpha value is -1.03. The molecule has 0 aliphatic heterocycles. The van der Waals surface area contributed by atoms with E-state index in [1.807, 2.05) is 0 Å². The molecule has 0 aliphatic rings. The van der Waals surface area contributed by atoms with Crippen molar-refractivity contribution in [2.75, 3.05) is 0 Å². The number of thiocarbonyl (C=S) groups is 1. The molecule has 0 bridgehead atoms. The van der Waals surface area contributed by atoms with Crippen molar-refractivity contribution < 1.29 is 13.5 Å². The van der Waals surface area contributed by atoms with E-state index >= 15 is 0 Å². The van der Waals surface area contributed by atoms with E-state index in [1.54, 1.807) is 0 Å². The van der Waals surface area contributed by atoms with Crippen LogP contribution >= 0.6 is 12.2 Å². The lowest BCUT2D eigenvalue weighted by Crippen LogP contribution is -1.99. The lowest BCUT2D eigenvalue weighted by atomic mass is 10.3. The molecule has 4 heteroatoms. The normalized spacial score (nSPS) is 9.58. The monoisotopic (exact) mass is 188 g/mol. The van der Waals surface area contributed by atoms with Gasteiger partial charge < -0.3 is 4.74 Å². The van der Waals surface area contributed by atoms with E-state index in [0.717, 1.165) is 18.2 Å². The summed E-state index contributed by atoms with van der Waals surface area (Å²) in [5, 5.41) is 0.222. The van der Waals surface area contributed by atoms with Crippen molar-refractivity contribution in [2.45, 2.75) is 6.92 Å². The molecule has 1 aromatic rings. The second-order valence-electron chi connectivity index (χ2n) is 2.20. The Balaban J connectivity index is 2.93. The lowest BCUT2D eigenvalue weighted by Gasteiger charge is -2.02. The van der Waals surface area contributed by atoms with Crippen molar-refractivity contribution in [1.82, 2.24) is 0 Å². The van der Waals surface area contributed by atoms with Gasteiger partial charge in [-0.05, 0) is 12.2 Å². The van der Waals surface area contributed by atoms with Gasteiger partial charge in [0.25, 0.3) is 0 Å². The summed E-state index contributed by atoms with van der Waals surface area (Å²) < 4.78 is 29.9. The van der Waals surface area contributed by atoms with Crippen molar-refractivity contribution >= 4 is 17.3 Å². The fraction of sp³-hybridized carbons (Fsp3) is 0.125. The van der Waals surface area contributed by atoms with Crippen molar-refractivity contribution in [3.05, 3.63) is 29.8 Å². The van der Waals surface area contributed by atoms with Crippen molar-refractivity contribution in [1.29, 1.82) is 0 Å². The van der Waals surface area contributed by atoms with E-state index in [2.05, 4.69) is 12.2 Å². The molecule has 0 radical (unpaired) electrons. The summed E-state index contributed by atoms with van der Waals surface area (Å²) in [5.41, 5.74) is 0. The highest BCUT2D eigenvalue weighted by atomic mass is 32.1. The standard InChI is InChI=1S/C8H6F2OS/c1-5(12)11-8-3-6(9)2-7(10)4-8/h2-4H,1H3. The smallest absolute Gasteiger partial charge is 0.164 e. The van der Waals surface area contributed by atoms with Crippen LogP contribution in [0.4, 0.5) is 8.78 Å². The van der Waals surface area contributed by atoms with Gasteiger partial charge in [0, 0.05) is 25.1 Å². The molecular formula is C8H6F2OS. The van der Waals surface area contributed by atoms with Crippen LogP contribution in [-0.4, -0.2) is 5.05 Å². The Morgan fingerprint density at radius 2 is 1.75 bits per heavy atom. The Morgan fingerprint density at radius 1 is 1.25 bits per heavy atom. The maximum Gasteiger partial charge on any atom is 0.164 e. The quantitative estimate of drug-likeness (QED) is 0.626. The Kier molecular flexibility index (Phi) is 2.70. The van der Waals surface area contributed by atoms with Crippen LogP contribution in [0, 0.1) is 11.6 Å². The highest BCUT2D eigenvalue weighted by molar-refractivity contribution is 7.80. The molecule has 0 fully saturated rings. The van der Waals surface area contributed by atoms with Crippen LogP contribution in [-0.2, 0) is 0 Å².